The zero-order valence-electron chi connectivity index (χ0n) is 14.2. The van der Waals surface area contributed by atoms with Crippen LogP contribution in [0, 0.1) is 6.92 Å². The second-order valence-corrected chi connectivity index (χ2v) is 6.30. The summed E-state index contributed by atoms with van der Waals surface area (Å²) in [5, 5.41) is 6.16. The van der Waals surface area contributed by atoms with Crippen molar-refractivity contribution in [2.24, 2.45) is 0 Å². The van der Waals surface area contributed by atoms with E-state index in [2.05, 4.69) is 27.7 Å². The first-order valence-corrected chi connectivity index (χ1v) is 8.53. The summed E-state index contributed by atoms with van der Waals surface area (Å²) in [6.45, 7) is 5.42. The molecule has 2 aliphatic rings. The van der Waals surface area contributed by atoms with Gasteiger partial charge >= 0.3 is 0 Å². The van der Waals surface area contributed by atoms with Gasteiger partial charge in [-0.2, -0.15) is 0 Å². The van der Waals surface area contributed by atoms with Crippen molar-refractivity contribution < 1.29 is 9.53 Å². The number of carbonyl (C=O) groups is 1. The summed E-state index contributed by atoms with van der Waals surface area (Å²) in [6, 6.07) is 14.2. The minimum atomic E-state index is -0.0678. The first-order valence-electron chi connectivity index (χ1n) is 8.53. The zero-order valence-corrected chi connectivity index (χ0v) is 14.2. The number of morpholine rings is 1. The van der Waals surface area contributed by atoms with E-state index < -0.39 is 0 Å². The summed E-state index contributed by atoms with van der Waals surface area (Å²) < 4.78 is 5.39. The number of rotatable bonds is 3. The van der Waals surface area contributed by atoms with E-state index in [9.17, 15) is 4.79 Å². The molecule has 0 spiro atoms. The lowest BCUT2D eigenvalue weighted by atomic mass is 10.0. The SMILES string of the molecule is Cc1cccc2c1/C(=C\Nc1ccc(N3CCOCC3)cc1)C(=O)N2. The molecule has 4 rings (SSSR count). The summed E-state index contributed by atoms with van der Waals surface area (Å²) in [6.07, 6.45) is 1.79. The Labute approximate surface area is 147 Å². The highest BCUT2D eigenvalue weighted by Gasteiger charge is 2.25. The lowest BCUT2D eigenvalue weighted by Crippen LogP contribution is -2.36. The van der Waals surface area contributed by atoms with Gasteiger partial charge in [0.1, 0.15) is 0 Å². The Balaban J connectivity index is 1.51. The molecule has 0 radical (unpaired) electrons. The van der Waals surface area contributed by atoms with Crippen LogP contribution in [0.15, 0.2) is 48.7 Å². The molecule has 5 nitrogen and oxygen atoms in total. The topological polar surface area (TPSA) is 53.6 Å². The fourth-order valence-corrected chi connectivity index (χ4v) is 3.32. The Kier molecular flexibility index (Phi) is 4.15. The summed E-state index contributed by atoms with van der Waals surface area (Å²) >= 11 is 0. The average Bonchev–Trinajstić information content (AvgIpc) is 2.98. The van der Waals surface area contributed by atoms with E-state index in [4.69, 9.17) is 4.74 Å². The van der Waals surface area contributed by atoms with Crippen molar-refractivity contribution in [1.82, 2.24) is 0 Å². The summed E-state index contributed by atoms with van der Waals surface area (Å²) in [5.74, 6) is -0.0678. The van der Waals surface area contributed by atoms with Gasteiger partial charge in [0.05, 0.1) is 18.8 Å². The monoisotopic (exact) mass is 335 g/mol. The first-order chi connectivity index (χ1) is 12.2. The number of amides is 1. The van der Waals surface area contributed by atoms with E-state index in [1.54, 1.807) is 6.20 Å². The third-order valence-electron chi connectivity index (χ3n) is 4.66. The smallest absolute Gasteiger partial charge is 0.257 e. The number of anilines is 3. The van der Waals surface area contributed by atoms with Crippen molar-refractivity contribution in [1.29, 1.82) is 0 Å². The van der Waals surface area contributed by atoms with Crippen LogP contribution in [0.2, 0.25) is 0 Å². The van der Waals surface area contributed by atoms with Crippen LogP contribution < -0.4 is 15.5 Å². The maximum atomic E-state index is 12.2. The van der Waals surface area contributed by atoms with E-state index in [-0.39, 0.29) is 5.91 Å². The number of benzene rings is 2. The number of carbonyl (C=O) groups excluding carboxylic acids is 1. The van der Waals surface area contributed by atoms with Gasteiger partial charge in [0.2, 0.25) is 0 Å². The van der Waals surface area contributed by atoms with Gasteiger partial charge in [-0.3, -0.25) is 4.79 Å². The Hall–Kier alpha value is -2.79. The van der Waals surface area contributed by atoms with Crippen LogP contribution in [0.4, 0.5) is 17.1 Å². The average molecular weight is 335 g/mol. The molecule has 2 aromatic rings. The zero-order chi connectivity index (χ0) is 17.2. The van der Waals surface area contributed by atoms with Crippen molar-refractivity contribution in [2.75, 3.05) is 41.8 Å². The van der Waals surface area contributed by atoms with Crippen LogP contribution >= 0.6 is 0 Å². The van der Waals surface area contributed by atoms with Gasteiger partial charge in [-0.25, -0.2) is 0 Å². The van der Waals surface area contributed by atoms with E-state index in [1.807, 2.05) is 37.3 Å². The molecule has 1 fully saturated rings. The van der Waals surface area contributed by atoms with E-state index in [0.29, 0.717) is 5.57 Å². The number of nitrogens with one attached hydrogen (secondary N) is 2. The van der Waals surface area contributed by atoms with Crippen molar-refractivity contribution in [3.63, 3.8) is 0 Å². The Bertz CT molecular complexity index is 821. The van der Waals surface area contributed by atoms with Gasteiger partial charge in [-0.05, 0) is 42.8 Å². The van der Waals surface area contributed by atoms with Gasteiger partial charge in [0.25, 0.3) is 5.91 Å². The molecule has 0 unspecified atom stereocenters. The van der Waals surface area contributed by atoms with E-state index >= 15 is 0 Å². The molecule has 0 bridgehead atoms. The molecule has 1 saturated heterocycles. The third-order valence-corrected chi connectivity index (χ3v) is 4.66. The Morgan fingerprint density at radius 2 is 1.88 bits per heavy atom. The van der Waals surface area contributed by atoms with Gasteiger partial charge < -0.3 is 20.3 Å². The molecule has 1 amide bonds. The van der Waals surface area contributed by atoms with Crippen molar-refractivity contribution >= 4 is 28.5 Å². The first kappa shape index (κ1) is 15.7. The van der Waals surface area contributed by atoms with Crippen LogP contribution in [-0.4, -0.2) is 32.2 Å². The largest absolute Gasteiger partial charge is 0.378 e. The maximum absolute atomic E-state index is 12.2. The van der Waals surface area contributed by atoms with Crippen molar-refractivity contribution in [3.05, 3.63) is 59.8 Å². The molecule has 5 heteroatoms. The minimum absolute atomic E-state index is 0.0678. The van der Waals surface area contributed by atoms with E-state index in [0.717, 1.165) is 48.8 Å². The Morgan fingerprint density at radius 1 is 1.12 bits per heavy atom. The lowest BCUT2D eigenvalue weighted by molar-refractivity contribution is -0.110. The highest BCUT2D eigenvalue weighted by atomic mass is 16.5. The number of hydrogen-bond donors (Lipinski definition) is 2. The van der Waals surface area contributed by atoms with Gasteiger partial charge in [-0.15, -0.1) is 0 Å². The fraction of sp³-hybridized carbons (Fsp3) is 0.250. The number of nitrogens with zero attached hydrogens (tertiary/aromatic N) is 1. The number of aryl methyl sites for hydroxylation is 1. The summed E-state index contributed by atoms with van der Waals surface area (Å²) in [4.78, 5) is 14.5. The lowest BCUT2D eigenvalue weighted by Gasteiger charge is -2.28. The summed E-state index contributed by atoms with van der Waals surface area (Å²) in [7, 11) is 0. The standard InChI is InChI=1S/C20H21N3O2/c1-14-3-2-4-18-19(14)17(20(24)22-18)13-21-15-5-7-16(8-6-15)23-9-11-25-12-10-23/h2-8,13,21H,9-12H2,1H3,(H,22,24)/b17-13+. The predicted molar refractivity (Wildman–Crippen MR) is 101 cm³/mol. The molecular weight excluding hydrogens is 314 g/mol. The number of ether oxygens (including phenoxy) is 1. The van der Waals surface area contributed by atoms with Crippen LogP contribution in [-0.2, 0) is 9.53 Å². The van der Waals surface area contributed by atoms with Gasteiger partial charge in [-0.1, -0.05) is 12.1 Å². The molecule has 2 heterocycles. The minimum Gasteiger partial charge on any atom is -0.378 e. The van der Waals surface area contributed by atoms with Crippen LogP contribution in [0.25, 0.3) is 5.57 Å². The van der Waals surface area contributed by atoms with E-state index in [1.165, 1.54) is 5.69 Å². The highest BCUT2D eigenvalue weighted by molar-refractivity contribution is 6.32. The number of hydrogen-bond acceptors (Lipinski definition) is 4. The molecule has 0 aliphatic carbocycles. The normalized spacial score (nSPS) is 18.2. The van der Waals surface area contributed by atoms with Crippen LogP contribution in [0.1, 0.15) is 11.1 Å². The molecule has 25 heavy (non-hydrogen) atoms. The molecule has 0 aromatic heterocycles. The van der Waals surface area contributed by atoms with Gasteiger partial charge in [0.15, 0.2) is 0 Å². The third kappa shape index (κ3) is 3.10. The molecule has 2 aliphatic heterocycles. The Morgan fingerprint density at radius 3 is 2.64 bits per heavy atom. The molecule has 0 saturated carbocycles. The molecule has 128 valence electrons. The quantitative estimate of drug-likeness (QED) is 0.846. The van der Waals surface area contributed by atoms with Gasteiger partial charge in [0, 0.05) is 41.9 Å². The summed E-state index contributed by atoms with van der Waals surface area (Å²) in [5.41, 5.74) is 5.77. The second kappa shape index (κ2) is 6.61. The molecule has 2 aromatic carbocycles. The van der Waals surface area contributed by atoms with Crippen molar-refractivity contribution in [2.45, 2.75) is 6.92 Å². The molecule has 2 N–H and O–H groups in total. The number of fused-ring (bicyclic) bond motifs is 1. The predicted octanol–water partition coefficient (Wildman–Crippen LogP) is 3.24. The second-order valence-electron chi connectivity index (χ2n) is 6.30. The molecule has 0 atom stereocenters. The fourth-order valence-electron chi connectivity index (χ4n) is 3.32. The van der Waals surface area contributed by atoms with Crippen LogP contribution in [0.5, 0.6) is 0 Å². The highest BCUT2D eigenvalue weighted by Crippen LogP contribution is 2.34. The molecular formula is C20H21N3O2. The van der Waals surface area contributed by atoms with Crippen molar-refractivity contribution in [3.8, 4) is 0 Å². The maximum Gasteiger partial charge on any atom is 0.257 e. The van der Waals surface area contributed by atoms with Crippen LogP contribution in [0.3, 0.4) is 0 Å².